The van der Waals surface area contributed by atoms with Gasteiger partial charge in [-0.15, -0.1) is 0 Å². The van der Waals surface area contributed by atoms with Gasteiger partial charge in [0.15, 0.2) is 0 Å². The molecule has 4 heteroatoms. The highest BCUT2D eigenvalue weighted by Gasteiger charge is 2.13. The van der Waals surface area contributed by atoms with Gasteiger partial charge in [0, 0.05) is 11.5 Å². The van der Waals surface area contributed by atoms with Gasteiger partial charge in [-0.3, -0.25) is 0 Å². The summed E-state index contributed by atoms with van der Waals surface area (Å²) in [5.74, 6) is 0.730. The van der Waals surface area contributed by atoms with Crippen molar-refractivity contribution in [3.05, 3.63) is 35.9 Å². The molecule has 1 aliphatic heterocycles. The molecule has 1 saturated heterocycles. The molecule has 0 aliphatic carbocycles. The number of fused-ring (bicyclic) bond motifs is 1. The number of para-hydroxylation sites is 1. The maximum absolute atomic E-state index is 5.82. The number of rotatable bonds is 4. The first-order valence-electron chi connectivity index (χ1n) is 7.23. The number of aromatic nitrogens is 1. The fraction of sp³-hybridized carbons (Fsp3) is 0.438. The Bertz CT molecular complexity index is 580. The predicted octanol–water partition coefficient (Wildman–Crippen LogP) is 0.837. The van der Waals surface area contributed by atoms with Crippen molar-refractivity contribution in [2.45, 2.75) is 6.92 Å². The van der Waals surface area contributed by atoms with Gasteiger partial charge in [-0.25, -0.2) is 4.98 Å². The summed E-state index contributed by atoms with van der Waals surface area (Å²) in [7, 11) is 0. The first-order valence-corrected chi connectivity index (χ1v) is 7.23. The third-order valence-corrected chi connectivity index (χ3v) is 3.80. The molecule has 2 heterocycles. The van der Waals surface area contributed by atoms with Crippen molar-refractivity contribution in [3.63, 3.8) is 0 Å². The van der Waals surface area contributed by atoms with Crippen molar-refractivity contribution in [2.24, 2.45) is 0 Å². The van der Waals surface area contributed by atoms with Crippen LogP contribution in [0.4, 0.5) is 0 Å². The molecule has 1 aliphatic rings. The molecule has 1 aromatic carbocycles. The van der Waals surface area contributed by atoms with Gasteiger partial charge in [0.1, 0.15) is 26.2 Å². The average molecular weight is 273 g/mol. The molecule has 0 radical (unpaired) electrons. The van der Waals surface area contributed by atoms with Crippen LogP contribution >= 0.6 is 0 Å². The number of nitrogens with zero attached hydrogens (tertiary/aromatic N) is 1. The van der Waals surface area contributed by atoms with Gasteiger partial charge in [-0.2, -0.15) is 0 Å². The van der Waals surface area contributed by atoms with Gasteiger partial charge in [0.2, 0.25) is 5.88 Å². The molecule has 0 atom stereocenters. The molecule has 0 unspecified atom stereocenters. The number of benzene rings is 1. The molecule has 1 aromatic heterocycles. The lowest BCUT2D eigenvalue weighted by Gasteiger charge is -2.23. The van der Waals surface area contributed by atoms with Crippen LogP contribution in [-0.2, 0) is 4.74 Å². The van der Waals surface area contributed by atoms with Crippen LogP contribution in [0, 0.1) is 6.92 Å². The van der Waals surface area contributed by atoms with E-state index < -0.39 is 0 Å². The number of aryl methyl sites for hydroxylation is 1. The van der Waals surface area contributed by atoms with E-state index in [1.54, 1.807) is 4.90 Å². The lowest BCUT2D eigenvalue weighted by atomic mass is 10.1. The third-order valence-electron chi connectivity index (χ3n) is 3.80. The lowest BCUT2D eigenvalue weighted by Crippen LogP contribution is -3.14. The van der Waals surface area contributed by atoms with E-state index in [0.29, 0.717) is 6.61 Å². The maximum atomic E-state index is 5.82. The van der Waals surface area contributed by atoms with Crippen LogP contribution in [0.3, 0.4) is 0 Å². The summed E-state index contributed by atoms with van der Waals surface area (Å²) in [5.41, 5.74) is 2.21. The first kappa shape index (κ1) is 13.3. The highest BCUT2D eigenvalue weighted by atomic mass is 16.5. The van der Waals surface area contributed by atoms with Crippen molar-refractivity contribution < 1.29 is 14.4 Å². The Morgan fingerprint density at radius 2 is 2.05 bits per heavy atom. The largest absolute Gasteiger partial charge is 0.472 e. The quantitative estimate of drug-likeness (QED) is 0.896. The van der Waals surface area contributed by atoms with Crippen LogP contribution in [0.1, 0.15) is 5.56 Å². The number of hydrogen-bond donors (Lipinski definition) is 1. The molecule has 20 heavy (non-hydrogen) atoms. The Morgan fingerprint density at radius 3 is 2.90 bits per heavy atom. The second kappa shape index (κ2) is 6.20. The van der Waals surface area contributed by atoms with Crippen LogP contribution in [-0.4, -0.2) is 44.4 Å². The molecule has 0 saturated carbocycles. The summed E-state index contributed by atoms with van der Waals surface area (Å²) < 4.78 is 11.2. The zero-order valence-electron chi connectivity index (χ0n) is 11.9. The lowest BCUT2D eigenvalue weighted by molar-refractivity contribution is -0.908. The van der Waals surface area contributed by atoms with Crippen molar-refractivity contribution in [2.75, 3.05) is 39.5 Å². The van der Waals surface area contributed by atoms with Crippen LogP contribution in [0.5, 0.6) is 5.88 Å². The molecule has 2 aromatic rings. The van der Waals surface area contributed by atoms with E-state index in [1.165, 1.54) is 10.9 Å². The fourth-order valence-electron chi connectivity index (χ4n) is 2.60. The Morgan fingerprint density at radius 1 is 1.25 bits per heavy atom. The summed E-state index contributed by atoms with van der Waals surface area (Å²) in [6.07, 6.45) is 0. The summed E-state index contributed by atoms with van der Waals surface area (Å²) in [6.45, 7) is 7.70. The summed E-state index contributed by atoms with van der Waals surface area (Å²) in [4.78, 5) is 6.11. The average Bonchev–Trinajstić information content (AvgIpc) is 2.48. The highest BCUT2D eigenvalue weighted by molar-refractivity contribution is 5.82. The standard InChI is InChI=1S/C16H20N2O2/c1-13-12-16(17-15-5-3-2-4-14(13)15)20-11-8-18-6-9-19-10-7-18/h2-5,12H,6-11H2,1H3/p+1. The smallest absolute Gasteiger partial charge is 0.214 e. The minimum Gasteiger partial charge on any atom is -0.472 e. The van der Waals surface area contributed by atoms with Crippen LogP contribution < -0.4 is 9.64 Å². The molecule has 3 rings (SSSR count). The second-order valence-corrected chi connectivity index (χ2v) is 5.26. The topological polar surface area (TPSA) is 35.8 Å². The summed E-state index contributed by atoms with van der Waals surface area (Å²) in [5, 5.41) is 1.19. The molecular weight excluding hydrogens is 252 g/mol. The van der Waals surface area contributed by atoms with Crippen molar-refractivity contribution >= 4 is 10.9 Å². The SMILES string of the molecule is Cc1cc(OCC[NH+]2CCOCC2)nc2ccccc12. The normalized spacial score (nSPS) is 16.4. The molecule has 0 bridgehead atoms. The van der Waals surface area contributed by atoms with E-state index in [9.17, 15) is 0 Å². The van der Waals surface area contributed by atoms with Crippen molar-refractivity contribution in [1.82, 2.24) is 4.98 Å². The minimum absolute atomic E-state index is 0.708. The van der Waals surface area contributed by atoms with Crippen molar-refractivity contribution in [1.29, 1.82) is 0 Å². The number of nitrogens with one attached hydrogen (secondary N) is 1. The van der Waals surface area contributed by atoms with E-state index in [-0.39, 0.29) is 0 Å². The second-order valence-electron chi connectivity index (χ2n) is 5.26. The molecular formula is C16H21N2O2+. The summed E-state index contributed by atoms with van der Waals surface area (Å²) in [6, 6.07) is 10.2. The van der Waals surface area contributed by atoms with Gasteiger partial charge < -0.3 is 14.4 Å². The van der Waals surface area contributed by atoms with Gasteiger partial charge >= 0.3 is 0 Å². The molecule has 1 fully saturated rings. The Balaban J connectivity index is 1.62. The first-order chi connectivity index (χ1) is 9.83. The predicted molar refractivity (Wildman–Crippen MR) is 78.4 cm³/mol. The van der Waals surface area contributed by atoms with Gasteiger partial charge in [-0.05, 0) is 18.6 Å². The molecule has 4 nitrogen and oxygen atoms in total. The number of pyridine rings is 1. The summed E-state index contributed by atoms with van der Waals surface area (Å²) >= 11 is 0. The molecule has 1 N–H and O–H groups in total. The zero-order chi connectivity index (χ0) is 13.8. The van der Waals surface area contributed by atoms with E-state index in [1.807, 2.05) is 24.3 Å². The van der Waals surface area contributed by atoms with Gasteiger partial charge in [0.05, 0.1) is 18.7 Å². The third kappa shape index (κ3) is 3.08. The number of hydrogen-bond acceptors (Lipinski definition) is 3. The van der Waals surface area contributed by atoms with Crippen LogP contribution in [0.25, 0.3) is 10.9 Å². The number of morpholine rings is 1. The van der Waals surface area contributed by atoms with Gasteiger partial charge in [0.25, 0.3) is 0 Å². The molecule has 0 spiro atoms. The maximum Gasteiger partial charge on any atom is 0.214 e. The van der Waals surface area contributed by atoms with Crippen LogP contribution in [0.15, 0.2) is 30.3 Å². The Labute approximate surface area is 119 Å². The Hall–Kier alpha value is -1.65. The highest BCUT2D eigenvalue weighted by Crippen LogP contribution is 2.20. The minimum atomic E-state index is 0.708. The van der Waals surface area contributed by atoms with E-state index in [4.69, 9.17) is 9.47 Å². The van der Waals surface area contributed by atoms with E-state index >= 15 is 0 Å². The van der Waals surface area contributed by atoms with E-state index in [0.717, 1.165) is 44.2 Å². The van der Waals surface area contributed by atoms with Gasteiger partial charge in [-0.1, -0.05) is 18.2 Å². The molecule has 0 amide bonds. The van der Waals surface area contributed by atoms with Crippen LogP contribution in [0.2, 0.25) is 0 Å². The van der Waals surface area contributed by atoms with Crippen molar-refractivity contribution in [3.8, 4) is 5.88 Å². The number of ether oxygens (including phenoxy) is 2. The monoisotopic (exact) mass is 273 g/mol. The number of quaternary nitrogens is 1. The zero-order valence-corrected chi connectivity index (χ0v) is 11.9. The fourth-order valence-corrected chi connectivity index (χ4v) is 2.60. The van der Waals surface area contributed by atoms with E-state index in [2.05, 4.69) is 18.0 Å². The molecule has 106 valence electrons. The Kier molecular flexibility index (Phi) is 4.14.